The van der Waals surface area contributed by atoms with Crippen LogP contribution in [0.3, 0.4) is 0 Å². The third-order valence-electron chi connectivity index (χ3n) is 3.38. The molecule has 5 nitrogen and oxygen atoms in total. The SMILES string of the molecule is CCCCCCN1C(=O)COc2ccc(C(=O)O)cc21. The lowest BCUT2D eigenvalue weighted by atomic mass is 10.1. The first kappa shape index (κ1) is 14.4. The molecular weight excluding hydrogens is 258 g/mol. The van der Waals surface area contributed by atoms with Gasteiger partial charge in [-0.2, -0.15) is 0 Å². The first-order valence-electron chi connectivity index (χ1n) is 6.94. The molecule has 0 saturated carbocycles. The zero-order valence-electron chi connectivity index (χ0n) is 11.6. The van der Waals surface area contributed by atoms with Crippen molar-refractivity contribution in [3.05, 3.63) is 23.8 Å². The summed E-state index contributed by atoms with van der Waals surface area (Å²) in [7, 11) is 0. The summed E-state index contributed by atoms with van der Waals surface area (Å²) < 4.78 is 5.34. The van der Waals surface area contributed by atoms with Crippen LogP contribution in [0.4, 0.5) is 5.69 Å². The number of hydrogen-bond donors (Lipinski definition) is 1. The highest BCUT2D eigenvalue weighted by Gasteiger charge is 2.26. The number of aromatic carboxylic acids is 1. The van der Waals surface area contributed by atoms with Crippen molar-refractivity contribution in [1.82, 2.24) is 0 Å². The van der Waals surface area contributed by atoms with Gasteiger partial charge in [-0.05, 0) is 24.6 Å². The zero-order chi connectivity index (χ0) is 14.5. The number of carboxylic acid groups (broad SMARTS) is 1. The summed E-state index contributed by atoms with van der Waals surface area (Å²) in [5.41, 5.74) is 0.734. The van der Waals surface area contributed by atoms with Gasteiger partial charge in [-0.1, -0.05) is 26.2 Å². The maximum absolute atomic E-state index is 12.0. The van der Waals surface area contributed by atoms with Gasteiger partial charge in [0, 0.05) is 6.54 Å². The van der Waals surface area contributed by atoms with Crippen LogP contribution in [0.15, 0.2) is 18.2 Å². The molecule has 1 aliphatic heterocycles. The van der Waals surface area contributed by atoms with Gasteiger partial charge >= 0.3 is 5.97 Å². The Morgan fingerprint density at radius 3 is 2.85 bits per heavy atom. The van der Waals surface area contributed by atoms with Gasteiger partial charge in [0.15, 0.2) is 6.61 Å². The van der Waals surface area contributed by atoms with Crippen molar-refractivity contribution in [3.8, 4) is 5.75 Å². The number of benzene rings is 1. The molecule has 1 aromatic rings. The van der Waals surface area contributed by atoms with E-state index in [1.807, 2.05) is 0 Å². The second kappa shape index (κ2) is 6.41. The van der Waals surface area contributed by atoms with Crippen LogP contribution in [0.1, 0.15) is 43.0 Å². The minimum atomic E-state index is -1.00. The molecule has 0 saturated heterocycles. The van der Waals surface area contributed by atoms with Crippen molar-refractivity contribution in [1.29, 1.82) is 0 Å². The fourth-order valence-electron chi connectivity index (χ4n) is 2.28. The van der Waals surface area contributed by atoms with Gasteiger partial charge in [0.25, 0.3) is 5.91 Å². The Balaban J connectivity index is 2.18. The molecule has 0 bridgehead atoms. The van der Waals surface area contributed by atoms with Crippen molar-refractivity contribution in [3.63, 3.8) is 0 Å². The lowest BCUT2D eigenvalue weighted by molar-refractivity contribution is -0.121. The van der Waals surface area contributed by atoms with Crippen LogP contribution in [0.25, 0.3) is 0 Å². The van der Waals surface area contributed by atoms with E-state index in [9.17, 15) is 9.59 Å². The van der Waals surface area contributed by atoms with Crippen LogP contribution >= 0.6 is 0 Å². The van der Waals surface area contributed by atoms with Crippen molar-refractivity contribution in [2.24, 2.45) is 0 Å². The summed E-state index contributed by atoms with van der Waals surface area (Å²) in [4.78, 5) is 24.6. The first-order valence-corrected chi connectivity index (χ1v) is 6.94. The maximum atomic E-state index is 12.0. The number of fused-ring (bicyclic) bond motifs is 1. The number of carbonyl (C=O) groups is 2. The van der Waals surface area contributed by atoms with E-state index in [1.165, 1.54) is 12.1 Å². The number of amides is 1. The van der Waals surface area contributed by atoms with Crippen LogP contribution in [0, 0.1) is 0 Å². The van der Waals surface area contributed by atoms with Gasteiger partial charge in [0.2, 0.25) is 0 Å². The highest BCUT2D eigenvalue weighted by molar-refractivity contribution is 5.99. The summed E-state index contributed by atoms with van der Waals surface area (Å²) in [6.45, 7) is 2.76. The molecule has 20 heavy (non-hydrogen) atoms. The lowest BCUT2D eigenvalue weighted by Gasteiger charge is -2.29. The number of hydrogen-bond acceptors (Lipinski definition) is 3. The Morgan fingerprint density at radius 2 is 2.15 bits per heavy atom. The number of carboxylic acids is 1. The van der Waals surface area contributed by atoms with Crippen LogP contribution in [-0.2, 0) is 4.79 Å². The smallest absolute Gasteiger partial charge is 0.335 e. The number of rotatable bonds is 6. The van der Waals surface area contributed by atoms with Crippen LogP contribution < -0.4 is 9.64 Å². The van der Waals surface area contributed by atoms with Crippen LogP contribution in [0.2, 0.25) is 0 Å². The molecule has 1 N–H and O–H groups in total. The monoisotopic (exact) mass is 277 g/mol. The van der Waals surface area contributed by atoms with E-state index in [0.717, 1.165) is 25.7 Å². The highest BCUT2D eigenvalue weighted by Crippen LogP contribution is 2.33. The number of anilines is 1. The van der Waals surface area contributed by atoms with E-state index in [-0.39, 0.29) is 18.1 Å². The molecule has 0 aromatic heterocycles. The van der Waals surface area contributed by atoms with Gasteiger partial charge in [0.05, 0.1) is 11.3 Å². The molecule has 108 valence electrons. The first-order chi connectivity index (χ1) is 9.63. The average molecular weight is 277 g/mol. The van der Waals surface area contributed by atoms with Crippen LogP contribution in [-0.4, -0.2) is 30.1 Å². The van der Waals surface area contributed by atoms with Crippen molar-refractivity contribution < 1.29 is 19.4 Å². The van der Waals surface area contributed by atoms with E-state index in [1.54, 1.807) is 11.0 Å². The summed E-state index contributed by atoms with van der Waals surface area (Å²) >= 11 is 0. The predicted molar refractivity (Wildman–Crippen MR) is 75.4 cm³/mol. The van der Waals surface area contributed by atoms with Gasteiger partial charge in [-0.15, -0.1) is 0 Å². The predicted octanol–water partition coefficient (Wildman–Crippen LogP) is 2.69. The quantitative estimate of drug-likeness (QED) is 0.812. The van der Waals surface area contributed by atoms with E-state index < -0.39 is 5.97 Å². The molecule has 1 heterocycles. The van der Waals surface area contributed by atoms with E-state index in [2.05, 4.69) is 6.92 Å². The fourth-order valence-corrected chi connectivity index (χ4v) is 2.28. The van der Waals surface area contributed by atoms with Gasteiger partial charge in [-0.3, -0.25) is 4.79 Å². The topological polar surface area (TPSA) is 66.8 Å². The second-order valence-corrected chi connectivity index (χ2v) is 4.88. The van der Waals surface area contributed by atoms with Crippen molar-refractivity contribution >= 4 is 17.6 Å². The van der Waals surface area contributed by atoms with E-state index >= 15 is 0 Å². The molecular formula is C15H19NO4. The normalized spacial score (nSPS) is 13.8. The van der Waals surface area contributed by atoms with Crippen molar-refractivity contribution in [2.75, 3.05) is 18.1 Å². The Hall–Kier alpha value is -2.04. The molecule has 0 spiro atoms. The minimum Gasteiger partial charge on any atom is -0.482 e. The van der Waals surface area contributed by atoms with Gasteiger partial charge in [0.1, 0.15) is 5.75 Å². The fraction of sp³-hybridized carbons (Fsp3) is 0.467. The third kappa shape index (κ3) is 3.10. The lowest BCUT2D eigenvalue weighted by Crippen LogP contribution is -2.39. The summed E-state index contributed by atoms with van der Waals surface area (Å²) in [6, 6.07) is 4.62. The largest absolute Gasteiger partial charge is 0.482 e. The Kier molecular flexibility index (Phi) is 4.61. The highest BCUT2D eigenvalue weighted by atomic mass is 16.5. The molecule has 2 rings (SSSR count). The number of nitrogens with zero attached hydrogens (tertiary/aromatic N) is 1. The number of unbranched alkanes of at least 4 members (excludes halogenated alkanes) is 3. The molecule has 1 aliphatic rings. The average Bonchev–Trinajstić information content (AvgIpc) is 2.44. The Bertz CT molecular complexity index is 513. The second-order valence-electron chi connectivity index (χ2n) is 4.88. The molecule has 5 heteroatoms. The van der Waals surface area contributed by atoms with E-state index in [0.29, 0.717) is 18.0 Å². The molecule has 0 fully saturated rings. The Morgan fingerprint density at radius 1 is 1.35 bits per heavy atom. The molecule has 0 aliphatic carbocycles. The zero-order valence-corrected chi connectivity index (χ0v) is 11.6. The number of ether oxygens (including phenoxy) is 1. The summed E-state index contributed by atoms with van der Waals surface area (Å²) in [5, 5.41) is 9.04. The van der Waals surface area contributed by atoms with Gasteiger partial charge in [-0.25, -0.2) is 4.79 Å². The van der Waals surface area contributed by atoms with Gasteiger partial charge < -0.3 is 14.7 Å². The molecule has 1 aromatic carbocycles. The summed E-state index contributed by atoms with van der Waals surface area (Å²) in [5.74, 6) is -0.543. The third-order valence-corrected chi connectivity index (χ3v) is 3.38. The molecule has 0 radical (unpaired) electrons. The van der Waals surface area contributed by atoms with E-state index in [4.69, 9.17) is 9.84 Å². The maximum Gasteiger partial charge on any atom is 0.335 e. The van der Waals surface area contributed by atoms with Crippen molar-refractivity contribution in [2.45, 2.75) is 32.6 Å². The molecule has 0 atom stereocenters. The minimum absolute atomic E-state index is 0.0210. The summed E-state index contributed by atoms with van der Waals surface area (Å²) in [6.07, 6.45) is 4.25. The number of carbonyl (C=O) groups excluding carboxylic acids is 1. The van der Waals surface area contributed by atoms with Crippen LogP contribution in [0.5, 0.6) is 5.75 Å². The Labute approximate surface area is 118 Å². The standard InChI is InChI=1S/C15H19NO4/c1-2-3-4-5-8-16-12-9-11(15(18)19)6-7-13(12)20-10-14(16)17/h6-7,9H,2-5,8,10H2,1H3,(H,18,19). The molecule has 1 amide bonds. The molecule has 0 unspecified atom stereocenters.